The molecule has 0 spiro atoms. The van der Waals surface area contributed by atoms with E-state index >= 15 is 0 Å². The van der Waals surface area contributed by atoms with E-state index in [-0.39, 0.29) is 18.6 Å². The van der Waals surface area contributed by atoms with Crippen molar-refractivity contribution >= 4 is 17.1 Å². The van der Waals surface area contributed by atoms with Gasteiger partial charge in [0.2, 0.25) is 5.91 Å². The van der Waals surface area contributed by atoms with Crippen LogP contribution in [0.4, 0.5) is 0 Å². The monoisotopic (exact) mass is 307 g/mol. The lowest BCUT2D eigenvalue weighted by atomic mass is 10.3. The molecule has 3 N–H and O–H groups in total. The van der Waals surface area contributed by atoms with Crippen LogP contribution in [0, 0.1) is 0 Å². The standard InChI is InChI=1S/C13H17N5O4/c19-6-8(20)4-14-10(21)5-17-7-15-12-11(13(17)22)18-3-1-2-9(18)16-12/h7-8,19-20H,1-6H2,(H,14,21)/t8-/m1/s1. The van der Waals surface area contributed by atoms with E-state index in [1.54, 1.807) is 0 Å². The molecule has 1 atom stereocenters. The molecule has 2 aromatic heterocycles. The fourth-order valence-electron chi connectivity index (χ4n) is 2.55. The highest BCUT2D eigenvalue weighted by Crippen LogP contribution is 2.18. The molecule has 0 radical (unpaired) electrons. The summed E-state index contributed by atoms with van der Waals surface area (Å²) < 4.78 is 3.07. The molecule has 9 heteroatoms. The van der Waals surface area contributed by atoms with Crippen LogP contribution in [0.1, 0.15) is 12.2 Å². The van der Waals surface area contributed by atoms with Crippen LogP contribution in [0.3, 0.4) is 0 Å². The highest BCUT2D eigenvalue weighted by atomic mass is 16.3. The average molecular weight is 307 g/mol. The van der Waals surface area contributed by atoms with E-state index in [2.05, 4.69) is 15.3 Å². The van der Waals surface area contributed by atoms with Gasteiger partial charge in [0.05, 0.1) is 12.7 Å². The third kappa shape index (κ3) is 2.60. The van der Waals surface area contributed by atoms with E-state index in [1.807, 2.05) is 4.57 Å². The molecule has 118 valence electrons. The lowest BCUT2D eigenvalue weighted by Gasteiger charge is -2.10. The first-order valence-electron chi connectivity index (χ1n) is 7.10. The molecule has 22 heavy (non-hydrogen) atoms. The molecule has 0 bridgehead atoms. The number of hydrogen-bond acceptors (Lipinski definition) is 6. The Hall–Kier alpha value is -2.26. The topological polar surface area (TPSA) is 122 Å². The molecule has 2 aromatic rings. The second kappa shape index (κ2) is 5.85. The highest BCUT2D eigenvalue weighted by molar-refractivity contribution is 5.76. The van der Waals surface area contributed by atoms with Crippen LogP contribution >= 0.6 is 0 Å². The van der Waals surface area contributed by atoms with Crippen LogP contribution in [-0.2, 0) is 24.3 Å². The highest BCUT2D eigenvalue weighted by Gasteiger charge is 2.20. The minimum absolute atomic E-state index is 0.0676. The number of aryl methyl sites for hydroxylation is 2. The van der Waals surface area contributed by atoms with Gasteiger partial charge in [0.1, 0.15) is 18.7 Å². The summed E-state index contributed by atoms with van der Waals surface area (Å²) >= 11 is 0. The Bertz CT molecular complexity index is 766. The second-order valence-corrected chi connectivity index (χ2v) is 5.27. The van der Waals surface area contributed by atoms with Crippen molar-refractivity contribution in [1.82, 2.24) is 24.4 Å². The van der Waals surface area contributed by atoms with Crippen molar-refractivity contribution in [3.8, 4) is 0 Å². The van der Waals surface area contributed by atoms with Gasteiger partial charge in [-0.05, 0) is 6.42 Å². The Balaban J connectivity index is 1.81. The van der Waals surface area contributed by atoms with Crippen molar-refractivity contribution in [1.29, 1.82) is 0 Å². The number of nitrogens with one attached hydrogen (secondary N) is 1. The molecule has 0 saturated carbocycles. The van der Waals surface area contributed by atoms with Crippen LogP contribution in [-0.4, -0.2) is 54.5 Å². The van der Waals surface area contributed by atoms with Crippen molar-refractivity contribution in [3.05, 3.63) is 22.5 Å². The third-order valence-electron chi connectivity index (χ3n) is 3.65. The SMILES string of the molecule is O=C(Cn1cnc2nc3n(c2c1=O)CCC3)NC[C@@H](O)CO. The van der Waals surface area contributed by atoms with Crippen molar-refractivity contribution < 1.29 is 15.0 Å². The number of rotatable bonds is 5. The molecule has 0 aromatic carbocycles. The van der Waals surface area contributed by atoms with Crippen LogP contribution in [0.15, 0.2) is 11.1 Å². The number of amides is 1. The third-order valence-corrected chi connectivity index (χ3v) is 3.65. The largest absolute Gasteiger partial charge is 0.394 e. The predicted molar refractivity (Wildman–Crippen MR) is 76.2 cm³/mol. The number of aromatic nitrogens is 4. The van der Waals surface area contributed by atoms with Crippen molar-refractivity contribution in [3.63, 3.8) is 0 Å². The number of hydrogen-bond donors (Lipinski definition) is 3. The smallest absolute Gasteiger partial charge is 0.280 e. The molecule has 3 rings (SSSR count). The van der Waals surface area contributed by atoms with Gasteiger partial charge in [0.15, 0.2) is 11.2 Å². The first kappa shape index (κ1) is 14.7. The van der Waals surface area contributed by atoms with E-state index in [9.17, 15) is 14.7 Å². The summed E-state index contributed by atoms with van der Waals surface area (Å²) in [6.45, 7) is 0.0413. The van der Waals surface area contributed by atoms with E-state index in [0.29, 0.717) is 11.2 Å². The van der Waals surface area contributed by atoms with E-state index in [0.717, 1.165) is 25.2 Å². The molecule has 0 saturated heterocycles. The normalized spacial score (nSPS) is 15.0. The van der Waals surface area contributed by atoms with Crippen LogP contribution in [0.25, 0.3) is 11.2 Å². The summed E-state index contributed by atoms with van der Waals surface area (Å²) in [4.78, 5) is 32.7. The summed E-state index contributed by atoms with van der Waals surface area (Å²) in [5.74, 6) is 0.421. The Labute approximate surface area is 125 Å². The summed E-state index contributed by atoms with van der Waals surface area (Å²) in [7, 11) is 0. The lowest BCUT2D eigenvalue weighted by molar-refractivity contribution is -0.122. The maximum absolute atomic E-state index is 12.5. The maximum Gasteiger partial charge on any atom is 0.280 e. The number of imidazole rings is 1. The lowest BCUT2D eigenvalue weighted by Crippen LogP contribution is -2.38. The summed E-state index contributed by atoms with van der Waals surface area (Å²) in [5.41, 5.74) is 0.536. The van der Waals surface area contributed by atoms with Gasteiger partial charge in [-0.2, -0.15) is 0 Å². The fraction of sp³-hybridized carbons (Fsp3) is 0.538. The Morgan fingerprint density at radius 2 is 2.32 bits per heavy atom. The number of fused-ring (bicyclic) bond motifs is 3. The summed E-state index contributed by atoms with van der Waals surface area (Å²) in [6.07, 6.45) is 2.07. The van der Waals surface area contributed by atoms with Gasteiger partial charge >= 0.3 is 0 Å². The van der Waals surface area contributed by atoms with Crippen LogP contribution < -0.4 is 10.9 Å². The molecule has 0 unspecified atom stereocenters. The van der Waals surface area contributed by atoms with Crippen LogP contribution in [0.5, 0.6) is 0 Å². The van der Waals surface area contributed by atoms with Gasteiger partial charge in [-0.1, -0.05) is 0 Å². The predicted octanol–water partition coefficient (Wildman–Crippen LogP) is -1.99. The van der Waals surface area contributed by atoms with Gasteiger partial charge in [-0.25, -0.2) is 9.97 Å². The van der Waals surface area contributed by atoms with Gasteiger partial charge in [-0.15, -0.1) is 0 Å². The minimum Gasteiger partial charge on any atom is -0.394 e. The number of nitrogens with zero attached hydrogens (tertiary/aromatic N) is 4. The number of aliphatic hydroxyl groups excluding tert-OH is 2. The first-order valence-corrected chi connectivity index (χ1v) is 7.10. The molecule has 1 amide bonds. The first-order chi connectivity index (χ1) is 10.6. The van der Waals surface area contributed by atoms with Crippen molar-refractivity contribution in [2.45, 2.75) is 32.0 Å². The van der Waals surface area contributed by atoms with Gasteiger partial charge < -0.3 is 20.1 Å². The van der Waals surface area contributed by atoms with E-state index < -0.39 is 18.6 Å². The average Bonchev–Trinajstić information content (AvgIpc) is 3.08. The second-order valence-electron chi connectivity index (χ2n) is 5.27. The fourth-order valence-corrected chi connectivity index (χ4v) is 2.55. The number of carbonyl (C=O) groups is 1. The molecular weight excluding hydrogens is 290 g/mol. The molecule has 9 nitrogen and oxygen atoms in total. The summed E-state index contributed by atoms with van der Waals surface area (Å²) in [5, 5.41) is 20.3. The quantitative estimate of drug-likeness (QED) is 0.588. The van der Waals surface area contributed by atoms with Crippen molar-refractivity contribution in [2.24, 2.45) is 0 Å². The van der Waals surface area contributed by atoms with E-state index in [4.69, 9.17) is 5.11 Å². The Morgan fingerprint density at radius 3 is 3.09 bits per heavy atom. The van der Waals surface area contributed by atoms with Gasteiger partial charge in [-0.3, -0.25) is 14.2 Å². The molecule has 1 aliphatic heterocycles. The van der Waals surface area contributed by atoms with Crippen molar-refractivity contribution in [2.75, 3.05) is 13.2 Å². The molecule has 0 aliphatic carbocycles. The number of aliphatic hydroxyl groups is 2. The molecular formula is C13H17N5O4. The Kier molecular flexibility index (Phi) is 3.90. The van der Waals surface area contributed by atoms with Gasteiger partial charge in [0.25, 0.3) is 5.56 Å². The Morgan fingerprint density at radius 1 is 1.50 bits per heavy atom. The molecule has 1 aliphatic rings. The minimum atomic E-state index is -1.01. The summed E-state index contributed by atoms with van der Waals surface area (Å²) in [6, 6.07) is 0. The zero-order chi connectivity index (χ0) is 15.7. The zero-order valence-corrected chi connectivity index (χ0v) is 11.9. The molecule has 3 heterocycles. The maximum atomic E-state index is 12.5. The zero-order valence-electron chi connectivity index (χ0n) is 11.9. The number of carbonyl (C=O) groups excluding carboxylic acids is 1. The van der Waals surface area contributed by atoms with Crippen LogP contribution in [0.2, 0.25) is 0 Å². The molecule has 0 fully saturated rings. The van der Waals surface area contributed by atoms with E-state index in [1.165, 1.54) is 10.9 Å². The van der Waals surface area contributed by atoms with Gasteiger partial charge in [0, 0.05) is 19.5 Å².